The lowest BCUT2D eigenvalue weighted by molar-refractivity contribution is 0.0948. The molecule has 2 rings (SSSR count). The summed E-state index contributed by atoms with van der Waals surface area (Å²) in [6, 6.07) is 10.5. The molecule has 1 heterocycles. The van der Waals surface area contributed by atoms with Crippen molar-refractivity contribution in [2.24, 2.45) is 0 Å². The average Bonchev–Trinajstić information content (AvgIpc) is 2.73. The van der Waals surface area contributed by atoms with E-state index in [0.717, 1.165) is 11.5 Å². The number of benzene rings is 1. The molecule has 0 fully saturated rings. The van der Waals surface area contributed by atoms with Crippen molar-refractivity contribution in [1.29, 1.82) is 0 Å². The first-order chi connectivity index (χ1) is 8.15. The van der Waals surface area contributed by atoms with Crippen LogP contribution in [0.25, 0.3) is 0 Å². The van der Waals surface area contributed by atoms with Crippen molar-refractivity contribution in [3.05, 3.63) is 58.5 Å². The van der Waals surface area contributed by atoms with Gasteiger partial charge in [0.25, 0.3) is 5.91 Å². The highest BCUT2D eigenvalue weighted by Crippen LogP contribution is 2.10. The van der Waals surface area contributed by atoms with E-state index in [2.05, 4.69) is 5.32 Å². The van der Waals surface area contributed by atoms with Crippen LogP contribution in [0.15, 0.2) is 40.8 Å². The fourth-order valence-corrected chi connectivity index (χ4v) is 1.58. The van der Waals surface area contributed by atoms with Crippen molar-refractivity contribution in [3.63, 3.8) is 0 Å². The van der Waals surface area contributed by atoms with Gasteiger partial charge in [-0.3, -0.25) is 4.79 Å². The Hall–Kier alpha value is -1.74. The predicted molar refractivity (Wildman–Crippen MR) is 66.1 cm³/mol. The molecule has 88 valence electrons. The van der Waals surface area contributed by atoms with Gasteiger partial charge in [0.05, 0.1) is 6.54 Å². The summed E-state index contributed by atoms with van der Waals surface area (Å²) in [5, 5.41) is 3.39. The highest BCUT2D eigenvalue weighted by molar-refractivity contribution is 6.30. The predicted octanol–water partition coefficient (Wildman–Crippen LogP) is 3.17. The highest BCUT2D eigenvalue weighted by Gasteiger charge is 2.06. The van der Waals surface area contributed by atoms with Gasteiger partial charge >= 0.3 is 0 Å². The second-order valence-corrected chi connectivity index (χ2v) is 4.14. The van der Waals surface area contributed by atoms with Crippen LogP contribution in [0, 0.1) is 6.92 Å². The zero-order chi connectivity index (χ0) is 12.3. The van der Waals surface area contributed by atoms with Gasteiger partial charge in [-0.2, -0.15) is 0 Å². The van der Waals surface area contributed by atoms with Crippen LogP contribution in [-0.4, -0.2) is 5.91 Å². The lowest BCUT2D eigenvalue weighted by atomic mass is 10.2. The summed E-state index contributed by atoms with van der Waals surface area (Å²) < 4.78 is 5.35. The van der Waals surface area contributed by atoms with Crippen molar-refractivity contribution in [3.8, 4) is 0 Å². The zero-order valence-corrected chi connectivity index (χ0v) is 10.1. The molecule has 3 nitrogen and oxygen atoms in total. The number of hydrogen-bond acceptors (Lipinski definition) is 2. The van der Waals surface area contributed by atoms with Crippen LogP contribution in [0.3, 0.4) is 0 Å². The first-order valence-corrected chi connectivity index (χ1v) is 5.62. The van der Waals surface area contributed by atoms with E-state index in [1.807, 2.05) is 19.1 Å². The number of carbonyl (C=O) groups excluding carboxylic acids is 1. The Morgan fingerprint density at radius 1 is 1.24 bits per heavy atom. The van der Waals surface area contributed by atoms with Crippen LogP contribution < -0.4 is 5.32 Å². The molecular weight excluding hydrogens is 238 g/mol. The van der Waals surface area contributed by atoms with Crippen LogP contribution in [0.5, 0.6) is 0 Å². The minimum atomic E-state index is -0.143. The van der Waals surface area contributed by atoms with Crippen molar-refractivity contribution < 1.29 is 9.21 Å². The molecule has 0 aliphatic carbocycles. The van der Waals surface area contributed by atoms with Gasteiger partial charge in [-0.1, -0.05) is 11.6 Å². The van der Waals surface area contributed by atoms with Gasteiger partial charge in [-0.25, -0.2) is 0 Å². The highest BCUT2D eigenvalue weighted by atomic mass is 35.5. The summed E-state index contributed by atoms with van der Waals surface area (Å²) in [5.74, 6) is 1.43. The van der Waals surface area contributed by atoms with Gasteiger partial charge in [0.2, 0.25) is 0 Å². The van der Waals surface area contributed by atoms with E-state index in [-0.39, 0.29) is 5.91 Å². The molecule has 0 saturated heterocycles. The molecule has 17 heavy (non-hydrogen) atoms. The Labute approximate surface area is 104 Å². The molecule has 0 aliphatic heterocycles. The number of rotatable bonds is 3. The average molecular weight is 250 g/mol. The van der Waals surface area contributed by atoms with Gasteiger partial charge in [0.1, 0.15) is 11.5 Å². The molecule has 1 amide bonds. The third kappa shape index (κ3) is 3.11. The van der Waals surface area contributed by atoms with E-state index in [1.165, 1.54) is 0 Å². The second-order valence-electron chi connectivity index (χ2n) is 3.70. The maximum atomic E-state index is 11.7. The van der Waals surface area contributed by atoms with Crippen molar-refractivity contribution >= 4 is 17.5 Å². The third-order valence-electron chi connectivity index (χ3n) is 2.33. The van der Waals surface area contributed by atoms with Crippen LogP contribution >= 0.6 is 11.6 Å². The number of furan rings is 1. The fraction of sp³-hybridized carbons (Fsp3) is 0.154. The molecule has 0 radical (unpaired) electrons. The molecule has 1 N–H and O–H groups in total. The number of aryl methyl sites for hydroxylation is 1. The summed E-state index contributed by atoms with van der Waals surface area (Å²) >= 11 is 5.75. The Morgan fingerprint density at radius 2 is 1.94 bits per heavy atom. The van der Waals surface area contributed by atoms with E-state index in [0.29, 0.717) is 17.1 Å². The molecule has 0 unspecified atom stereocenters. The first kappa shape index (κ1) is 11.7. The van der Waals surface area contributed by atoms with E-state index < -0.39 is 0 Å². The smallest absolute Gasteiger partial charge is 0.251 e. The van der Waals surface area contributed by atoms with Crippen molar-refractivity contribution in [2.75, 3.05) is 0 Å². The summed E-state index contributed by atoms with van der Waals surface area (Å²) in [5.41, 5.74) is 0.581. The van der Waals surface area contributed by atoms with Crippen molar-refractivity contribution in [1.82, 2.24) is 5.32 Å². The standard InChI is InChI=1S/C13H12ClNO2/c1-9-2-7-12(17-9)8-15-13(16)10-3-5-11(14)6-4-10/h2-7H,8H2,1H3,(H,15,16). The summed E-state index contributed by atoms with van der Waals surface area (Å²) in [4.78, 5) is 11.7. The lowest BCUT2D eigenvalue weighted by Crippen LogP contribution is -2.22. The molecular formula is C13H12ClNO2. The number of carbonyl (C=O) groups is 1. The van der Waals surface area contributed by atoms with Crippen LogP contribution in [-0.2, 0) is 6.54 Å². The number of halogens is 1. The Balaban J connectivity index is 1.95. The Kier molecular flexibility index (Phi) is 3.49. The van der Waals surface area contributed by atoms with Gasteiger partial charge in [0, 0.05) is 10.6 Å². The van der Waals surface area contributed by atoms with Crippen LogP contribution in [0.4, 0.5) is 0 Å². The molecule has 0 atom stereocenters. The zero-order valence-electron chi connectivity index (χ0n) is 9.37. The molecule has 2 aromatic rings. The Bertz CT molecular complexity index is 516. The molecule has 0 aliphatic rings. The number of amides is 1. The molecule has 0 spiro atoms. The fourth-order valence-electron chi connectivity index (χ4n) is 1.45. The van der Waals surface area contributed by atoms with E-state index in [9.17, 15) is 4.79 Å². The topological polar surface area (TPSA) is 42.2 Å². The van der Waals surface area contributed by atoms with Crippen LogP contribution in [0.2, 0.25) is 5.02 Å². The Morgan fingerprint density at radius 3 is 2.53 bits per heavy atom. The normalized spacial score (nSPS) is 10.2. The lowest BCUT2D eigenvalue weighted by Gasteiger charge is -2.03. The van der Waals surface area contributed by atoms with E-state index in [1.54, 1.807) is 24.3 Å². The molecule has 1 aromatic carbocycles. The second kappa shape index (κ2) is 5.06. The summed E-state index contributed by atoms with van der Waals surface area (Å²) in [6.07, 6.45) is 0. The van der Waals surface area contributed by atoms with E-state index in [4.69, 9.17) is 16.0 Å². The summed E-state index contributed by atoms with van der Waals surface area (Å²) in [7, 11) is 0. The SMILES string of the molecule is Cc1ccc(CNC(=O)c2ccc(Cl)cc2)o1. The third-order valence-corrected chi connectivity index (χ3v) is 2.58. The molecule has 0 bridgehead atoms. The molecule has 1 aromatic heterocycles. The number of hydrogen-bond donors (Lipinski definition) is 1. The van der Waals surface area contributed by atoms with Crippen LogP contribution in [0.1, 0.15) is 21.9 Å². The monoisotopic (exact) mass is 249 g/mol. The molecule has 4 heteroatoms. The van der Waals surface area contributed by atoms with Gasteiger partial charge < -0.3 is 9.73 Å². The first-order valence-electron chi connectivity index (χ1n) is 5.24. The van der Waals surface area contributed by atoms with Gasteiger partial charge in [0.15, 0.2) is 0 Å². The van der Waals surface area contributed by atoms with Crippen molar-refractivity contribution in [2.45, 2.75) is 13.5 Å². The quantitative estimate of drug-likeness (QED) is 0.908. The minimum Gasteiger partial charge on any atom is -0.465 e. The summed E-state index contributed by atoms with van der Waals surface area (Å²) in [6.45, 7) is 2.25. The maximum Gasteiger partial charge on any atom is 0.251 e. The minimum absolute atomic E-state index is 0.143. The largest absolute Gasteiger partial charge is 0.465 e. The maximum absolute atomic E-state index is 11.7. The molecule has 0 saturated carbocycles. The van der Waals surface area contributed by atoms with Gasteiger partial charge in [-0.05, 0) is 43.3 Å². The number of nitrogens with one attached hydrogen (secondary N) is 1. The van der Waals surface area contributed by atoms with E-state index >= 15 is 0 Å². The van der Waals surface area contributed by atoms with Gasteiger partial charge in [-0.15, -0.1) is 0 Å².